The fraction of sp³-hybridized carbons (Fsp3) is 0.357. The van der Waals surface area contributed by atoms with Gasteiger partial charge in [-0.15, -0.1) is 0 Å². The van der Waals surface area contributed by atoms with E-state index < -0.39 is 11.9 Å². The monoisotopic (exact) mass is 359 g/mol. The Balaban J connectivity index is 2.30. The van der Waals surface area contributed by atoms with E-state index in [4.69, 9.17) is 17.3 Å². The van der Waals surface area contributed by atoms with Crippen LogP contribution in [0.25, 0.3) is 0 Å². The van der Waals surface area contributed by atoms with Gasteiger partial charge in [0, 0.05) is 25.1 Å². The third-order valence-corrected chi connectivity index (χ3v) is 4.50. The highest BCUT2D eigenvalue weighted by molar-refractivity contribution is 9.10. The molecule has 0 fully saturated rings. The van der Waals surface area contributed by atoms with Crippen molar-refractivity contribution in [2.45, 2.75) is 25.8 Å². The van der Waals surface area contributed by atoms with E-state index in [9.17, 15) is 4.39 Å². The lowest BCUT2D eigenvalue weighted by Crippen LogP contribution is -2.17. The van der Waals surface area contributed by atoms with Crippen LogP contribution in [0.3, 0.4) is 0 Å². The molecule has 1 aromatic carbocycles. The summed E-state index contributed by atoms with van der Waals surface area (Å²) in [6.07, 6.45) is 1.32. The number of halogens is 3. The molecule has 1 heterocycles. The summed E-state index contributed by atoms with van der Waals surface area (Å²) in [4.78, 5) is 0. The molecule has 1 aromatic heterocycles. The van der Waals surface area contributed by atoms with E-state index in [-0.39, 0.29) is 5.02 Å². The summed E-state index contributed by atoms with van der Waals surface area (Å²) >= 11 is 9.33. The van der Waals surface area contributed by atoms with Crippen molar-refractivity contribution in [1.82, 2.24) is 9.78 Å². The average molecular weight is 361 g/mol. The molecule has 2 N–H and O–H groups in total. The number of hydrogen-bond donors (Lipinski definition) is 1. The Bertz CT molecular complexity index is 627. The lowest BCUT2D eigenvalue weighted by atomic mass is 10.0. The maximum Gasteiger partial charge on any atom is 0.146 e. The van der Waals surface area contributed by atoms with Gasteiger partial charge in [-0.3, -0.25) is 4.68 Å². The number of hydrogen-bond acceptors (Lipinski definition) is 2. The first kappa shape index (κ1) is 15.5. The van der Waals surface area contributed by atoms with Gasteiger partial charge in [0.15, 0.2) is 0 Å². The third-order valence-electron chi connectivity index (χ3n) is 3.30. The molecule has 0 aliphatic heterocycles. The van der Waals surface area contributed by atoms with E-state index in [1.807, 2.05) is 14.0 Å². The molecule has 3 nitrogen and oxygen atoms in total. The molecule has 0 bridgehead atoms. The molecule has 6 heteroatoms. The van der Waals surface area contributed by atoms with E-state index in [0.29, 0.717) is 12.0 Å². The minimum atomic E-state index is -0.467. The Morgan fingerprint density at radius 1 is 1.50 bits per heavy atom. The molecule has 0 aliphatic carbocycles. The minimum absolute atomic E-state index is 0.0938. The second kappa shape index (κ2) is 6.24. The standard InChI is InChI=1S/C14H16BrClFN3/c1-3-11-13(15)12(20(2)19-11)7-10(18)8-5-4-6-9(16)14(8)17/h4-6,10H,3,7,18H2,1-2H3. The van der Waals surface area contributed by atoms with Crippen molar-refractivity contribution in [2.75, 3.05) is 0 Å². The van der Waals surface area contributed by atoms with Gasteiger partial charge in [-0.1, -0.05) is 30.7 Å². The summed E-state index contributed by atoms with van der Waals surface area (Å²) in [7, 11) is 1.86. The zero-order valence-electron chi connectivity index (χ0n) is 11.3. The lowest BCUT2D eigenvalue weighted by molar-refractivity contribution is 0.568. The first-order chi connectivity index (χ1) is 9.45. The first-order valence-electron chi connectivity index (χ1n) is 6.35. The zero-order chi connectivity index (χ0) is 14.9. The Labute approximate surface area is 131 Å². The molecule has 1 unspecified atom stereocenters. The predicted molar refractivity (Wildman–Crippen MR) is 82.3 cm³/mol. The van der Waals surface area contributed by atoms with Crippen molar-refractivity contribution < 1.29 is 4.39 Å². The minimum Gasteiger partial charge on any atom is -0.324 e. The van der Waals surface area contributed by atoms with Gasteiger partial charge in [0.2, 0.25) is 0 Å². The molecule has 0 saturated heterocycles. The zero-order valence-corrected chi connectivity index (χ0v) is 13.7. The predicted octanol–water partition coefficient (Wildman–Crippen LogP) is 3.78. The van der Waals surface area contributed by atoms with Crippen LogP contribution < -0.4 is 5.73 Å². The molecule has 1 atom stereocenters. The molecule has 0 saturated carbocycles. The maximum atomic E-state index is 14.0. The number of benzene rings is 1. The van der Waals surface area contributed by atoms with Gasteiger partial charge in [0.25, 0.3) is 0 Å². The molecular formula is C14H16BrClFN3. The van der Waals surface area contributed by atoms with Crippen LogP contribution in [0.15, 0.2) is 22.7 Å². The van der Waals surface area contributed by atoms with Gasteiger partial charge in [0.05, 0.1) is 20.9 Å². The molecule has 2 rings (SSSR count). The SMILES string of the molecule is CCc1nn(C)c(CC(N)c2cccc(Cl)c2F)c1Br. The van der Waals surface area contributed by atoms with Crippen molar-refractivity contribution in [3.63, 3.8) is 0 Å². The number of nitrogens with zero attached hydrogens (tertiary/aromatic N) is 2. The van der Waals surface area contributed by atoms with Crippen LogP contribution in [0.4, 0.5) is 4.39 Å². The van der Waals surface area contributed by atoms with Crippen molar-refractivity contribution in [2.24, 2.45) is 12.8 Å². The molecule has 0 aliphatic rings. The Kier molecular flexibility index (Phi) is 4.83. The summed E-state index contributed by atoms with van der Waals surface area (Å²) in [5.74, 6) is -0.448. The lowest BCUT2D eigenvalue weighted by Gasteiger charge is -2.14. The van der Waals surface area contributed by atoms with Crippen LogP contribution in [-0.4, -0.2) is 9.78 Å². The van der Waals surface area contributed by atoms with Crippen LogP contribution in [-0.2, 0) is 19.9 Å². The first-order valence-corrected chi connectivity index (χ1v) is 7.52. The molecule has 0 amide bonds. The fourth-order valence-electron chi connectivity index (χ4n) is 2.17. The maximum absolute atomic E-state index is 14.0. The van der Waals surface area contributed by atoms with Crippen molar-refractivity contribution in [3.8, 4) is 0 Å². The van der Waals surface area contributed by atoms with E-state index in [2.05, 4.69) is 21.0 Å². The normalized spacial score (nSPS) is 12.7. The van der Waals surface area contributed by atoms with E-state index in [0.717, 1.165) is 22.3 Å². The number of nitrogens with two attached hydrogens (primary N) is 1. The van der Waals surface area contributed by atoms with Crippen molar-refractivity contribution >= 4 is 27.5 Å². The van der Waals surface area contributed by atoms with Crippen LogP contribution in [0.5, 0.6) is 0 Å². The number of aromatic nitrogens is 2. The van der Waals surface area contributed by atoms with Crippen molar-refractivity contribution in [3.05, 3.63) is 50.5 Å². The molecular weight excluding hydrogens is 345 g/mol. The molecule has 108 valence electrons. The van der Waals surface area contributed by atoms with E-state index in [1.165, 1.54) is 6.07 Å². The van der Waals surface area contributed by atoms with Gasteiger partial charge in [-0.25, -0.2) is 4.39 Å². The molecule has 0 spiro atoms. The Morgan fingerprint density at radius 3 is 2.80 bits per heavy atom. The van der Waals surface area contributed by atoms with Crippen LogP contribution in [0.1, 0.15) is 29.9 Å². The highest BCUT2D eigenvalue weighted by atomic mass is 79.9. The number of aryl methyl sites for hydroxylation is 2. The summed E-state index contributed by atoms with van der Waals surface area (Å²) < 4.78 is 16.7. The van der Waals surface area contributed by atoms with Crippen LogP contribution >= 0.6 is 27.5 Å². The highest BCUT2D eigenvalue weighted by Crippen LogP contribution is 2.28. The van der Waals surface area contributed by atoms with Gasteiger partial charge < -0.3 is 5.73 Å². The van der Waals surface area contributed by atoms with E-state index >= 15 is 0 Å². The van der Waals surface area contributed by atoms with Crippen molar-refractivity contribution in [1.29, 1.82) is 0 Å². The molecule has 0 radical (unpaired) electrons. The van der Waals surface area contributed by atoms with Crippen LogP contribution in [0.2, 0.25) is 5.02 Å². The van der Waals surface area contributed by atoms with Crippen LogP contribution in [0, 0.1) is 5.82 Å². The van der Waals surface area contributed by atoms with Gasteiger partial charge >= 0.3 is 0 Å². The van der Waals surface area contributed by atoms with Gasteiger partial charge in [-0.05, 0) is 28.4 Å². The summed E-state index contributed by atoms with van der Waals surface area (Å²) in [6.45, 7) is 2.04. The number of rotatable bonds is 4. The molecule has 20 heavy (non-hydrogen) atoms. The molecule has 2 aromatic rings. The second-order valence-electron chi connectivity index (χ2n) is 4.64. The smallest absolute Gasteiger partial charge is 0.146 e. The fourth-order valence-corrected chi connectivity index (χ4v) is 3.13. The average Bonchev–Trinajstić information content (AvgIpc) is 2.69. The second-order valence-corrected chi connectivity index (χ2v) is 5.84. The topological polar surface area (TPSA) is 43.8 Å². The summed E-state index contributed by atoms with van der Waals surface area (Å²) in [5, 5.41) is 4.50. The van der Waals surface area contributed by atoms with E-state index in [1.54, 1.807) is 16.8 Å². The summed E-state index contributed by atoms with van der Waals surface area (Å²) in [5.41, 5.74) is 8.47. The largest absolute Gasteiger partial charge is 0.324 e. The van der Waals surface area contributed by atoms with Gasteiger partial charge in [-0.2, -0.15) is 5.10 Å². The highest BCUT2D eigenvalue weighted by Gasteiger charge is 2.19. The third kappa shape index (κ3) is 2.90. The Hall–Kier alpha value is -0.910. The Morgan fingerprint density at radius 2 is 2.20 bits per heavy atom. The summed E-state index contributed by atoms with van der Waals surface area (Å²) in [6, 6.07) is 4.42. The van der Waals surface area contributed by atoms with Gasteiger partial charge in [0.1, 0.15) is 5.82 Å². The quantitative estimate of drug-likeness (QED) is 0.902.